The topological polar surface area (TPSA) is 108 Å². The number of halogens is 1. The highest BCUT2D eigenvalue weighted by molar-refractivity contribution is 7.19. The van der Waals surface area contributed by atoms with Crippen LogP contribution in [0, 0.1) is 17.1 Å². The first kappa shape index (κ1) is 22.1. The highest BCUT2D eigenvalue weighted by Crippen LogP contribution is 2.27. The van der Waals surface area contributed by atoms with Gasteiger partial charge in [0, 0.05) is 13.1 Å². The van der Waals surface area contributed by atoms with Crippen molar-refractivity contribution in [3.8, 4) is 11.8 Å². The number of nitriles is 1. The SMILES string of the molecule is N#C/C(=C/c1ccc(OC(=O)c2ccc(F)cc2)cc1)C(=O)Nc1nnc(N2CCCC2)s1. The third-order valence-electron chi connectivity index (χ3n) is 4.86. The van der Waals surface area contributed by atoms with E-state index in [1.807, 2.05) is 6.07 Å². The summed E-state index contributed by atoms with van der Waals surface area (Å²) in [5.41, 5.74) is 0.677. The first-order chi connectivity index (χ1) is 16.0. The Hall–Kier alpha value is -4.10. The fourth-order valence-corrected chi connectivity index (χ4v) is 3.96. The second-order valence-corrected chi connectivity index (χ2v) is 8.13. The van der Waals surface area contributed by atoms with Crippen LogP contribution in [-0.2, 0) is 4.79 Å². The van der Waals surface area contributed by atoms with Crippen LogP contribution in [-0.4, -0.2) is 35.2 Å². The molecule has 1 saturated heterocycles. The first-order valence-corrected chi connectivity index (χ1v) is 10.9. The van der Waals surface area contributed by atoms with Gasteiger partial charge in [0.25, 0.3) is 5.91 Å². The molecule has 1 aromatic heterocycles. The van der Waals surface area contributed by atoms with Gasteiger partial charge in [-0.3, -0.25) is 10.1 Å². The van der Waals surface area contributed by atoms with Crippen molar-refractivity contribution in [2.75, 3.05) is 23.3 Å². The number of esters is 1. The molecule has 1 aliphatic heterocycles. The summed E-state index contributed by atoms with van der Waals surface area (Å²) in [6.07, 6.45) is 3.63. The number of hydrogen-bond donors (Lipinski definition) is 1. The molecule has 8 nitrogen and oxygen atoms in total. The van der Waals surface area contributed by atoms with Gasteiger partial charge in [-0.15, -0.1) is 10.2 Å². The van der Waals surface area contributed by atoms with Crippen molar-refractivity contribution in [2.45, 2.75) is 12.8 Å². The molecule has 0 spiro atoms. The van der Waals surface area contributed by atoms with E-state index in [2.05, 4.69) is 20.4 Å². The average molecular weight is 463 g/mol. The summed E-state index contributed by atoms with van der Waals surface area (Å²) >= 11 is 1.27. The smallest absolute Gasteiger partial charge is 0.343 e. The van der Waals surface area contributed by atoms with Crippen LogP contribution < -0.4 is 15.0 Å². The Bertz CT molecular complexity index is 1230. The minimum absolute atomic E-state index is 0.107. The second kappa shape index (κ2) is 10.0. The summed E-state index contributed by atoms with van der Waals surface area (Å²) in [6.45, 7) is 1.84. The van der Waals surface area contributed by atoms with Gasteiger partial charge in [0.2, 0.25) is 10.3 Å². The molecule has 1 fully saturated rings. The van der Waals surface area contributed by atoms with E-state index in [4.69, 9.17) is 4.74 Å². The van der Waals surface area contributed by atoms with Crippen molar-refractivity contribution in [1.29, 1.82) is 5.26 Å². The van der Waals surface area contributed by atoms with Gasteiger partial charge in [0.1, 0.15) is 23.2 Å². The largest absolute Gasteiger partial charge is 0.423 e. The third-order valence-corrected chi connectivity index (χ3v) is 5.76. The summed E-state index contributed by atoms with van der Waals surface area (Å²) in [4.78, 5) is 26.7. The van der Waals surface area contributed by atoms with Gasteiger partial charge in [-0.2, -0.15) is 5.26 Å². The minimum atomic E-state index is -0.624. The van der Waals surface area contributed by atoms with Gasteiger partial charge >= 0.3 is 5.97 Å². The summed E-state index contributed by atoms with van der Waals surface area (Å²) < 4.78 is 18.2. The number of ether oxygens (including phenoxy) is 1. The Morgan fingerprint density at radius 1 is 1.09 bits per heavy atom. The molecule has 0 saturated carbocycles. The molecule has 2 aromatic carbocycles. The quantitative estimate of drug-likeness (QED) is 0.254. The van der Waals surface area contributed by atoms with Crippen molar-refractivity contribution < 1.29 is 18.7 Å². The van der Waals surface area contributed by atoms with E-state index in [0.29, 0.717) is 10.7 Å². The average Bonchev–Trinajstić information content (AvgIpc) is 3.51. The van der Waals surface area contributed by atoms with Crippen molar-refractivity contribution in [3.63, 3.8) is 0 Å². The summed E-state index contributed by atoms with van der Waals surface area (Å²) in [5, 5.41) is 21.2. The number of carbonyl (C=O) groups excluding carboxylic acids is 2. The molecule has 33 heavy (non-hydrogen) atoms. The van der Waals surface area contributed by atoms with Crippen LogP contribution in [0.4, 0.5) is 14.7 Å². The number of nitrogens with zero attached hydrogens (tertiary/aromatic N) is 4. The van der Waals surface area contributed by atoms with E-state index in [1.54, 1.807) is 12.1 Å². The maximum atomic E-state index is 13.0. The standard InChI is InChI=1S/C23H18FN5O3S/c24-18-7-5-16(6-8-18)21(31)32-19-9-3-15(4-10-19)13-17(14-25)20(30)26-22-27-28-23(33-22)29-11-1-2-12-29/h3-10,13H,1-2,11-12H2,(H,26,27,30)/b17-13-. The zero-order valence-electron chi connectivity index (χ0n) is 17.3. The van der Waals surface area contributed by atoms with Gasteiger partial charge in [-0.1, -0.05) is 23.5 Å². The fraction of sp³-hybridized carbons (Fsp3) is 0.174. The highest BCUT2D eigenvalue weighted by Gasteiger charge is 2.18. The number of rotatable bonds is 6. The van der Waals surface area contributed by atoms with Crippen molar-refractivity contribution in [3.05, 3.63) is 71.0 Å². The lowest BCUT2D eigenvalue weighted by atomic mass is 10.1. The monoisotopic (exact) mass is 463 g/mol. The number of amides is 1. The van der Waals surface area contributed by atoms with Crippen LogP contribution in [0.15, 0.2) is 54.1 Å². The number of anilines is 2. The van der Waals surface area contributed by atoms with E-state index in [-0.39, 0.29) is 16.9 Å². The molecule has 10 heteroatoms. The highest BCUT2D eigenvalue weighted by atomic mass is 32.1. The molecule has 0 bridgehead atoms. The van der Waals surface area contributed by atoms with Crippen LogP contribution >= 0.6 is 11.3 Å². The third kappa shape index (κ3) is 5.58. The zero-order valence-corrected chi connectivity index (χ0v) is 18.1. The van der Waals surface area contributed by atoms with Gasteiger partial charge in [-0.25, -0.2) is 9.18 Å². The molecule has 0 aliphatic carbocycles. The summed E-state index contributed by atoms with van der Waals surface area (Å²) in [6, 6.07) is 13.2. The van der Waals surface area contributed by atoms with Crippen molar-refractivity contribution in [1.82, 2.24) is 10.2 Å². The van der Waals surface area contributed by atoms with Crippen LogP contribution in [0.3, 0.4) is 0 Å². The lowest BCUT2D eigenvalue weighted by Crippen LogP contribution is -2.17. The van der Waals surface area contributed by atoms with Gasteiger partial charge < -0.3 is 9.64 Å². The van der Waals surface area contributed by atoms with Crippen molar-refractivity contribution >= 4 is 39.6 Å². The Balaban J connectivity index is 1.39. The van der Waals surface area contributed by atoms with Gasteiger partial charge in [0.15, 0.2) is 0 Å². The Labute approximate surface area is 192 Å². The number of benzene rings is 2. The molecule has 3 aromatic rings. The van der Waals surface area contributed by atoms with E-state index in [9.17, 15) is 19.2 Å². The normalized spacial score (nSPS) is 13.5. The molecule has 1 aliphatic rings. The number of hydrogen-bond acceptors (Lipinski definition) is 8. The summed E-state index contributed by atoms with van der Waals surface area (Å²) in [7, 11) is 0. The fourth-order valence-electron chi connectivity index (χ4n) is 3.17. The minimum Gasteiger partial charge on any atom is -0.423 e. The van der Waals surface area contributed by atoms with Crippen LogP contribution in [0.2, 0.25) is 0 Å². The van der Waals surface area contributed by atoms with E-state index in [0.717, 1.165) is 31.1 Å². The second-order valence-electron chi connectivity index (χ2n) is 7.17. The van der Waals surface area contributed by atoms with Gasteiger partial charge in [-0.05, 0) is 60.9 Å². The number of aromatic nitrogens is 2. The maximum absolute atomic E-state index is 13.0. The Kier molecular flexibility index (Phi) is 6.71. The van der Waals surface area contributed by atoms with Crippen LogP contribution in [0.25, 0.3) is 6.08 Å². The first-order valence-electron chi connectivity index (χ1n) is 10.1. The molecule has 4 rings (SSSR count). The number of carbonyl (C=O) groups is 2. The molecule has 0 unspecified atom stereocenters. The number of nitrogens with one attached hydrogen (secondary N) is 1. The van der Waals surface area contributed by atoms with Gasteiger partial charge in [0.05, 0.1) is 5.56 Å². The van der Waals surface area contributed by atoms with Crippen molar-refractivity contribution in [2.24, 2.45) is 0 Å². The summed E-state index contributed by atoms with van der Waals surface area (Å²) in [5.74, 6) is -1.39. The zero-order chi connectivity index (χ0) is 23.2. The lowest BCUT2D eigenvalue weighted by molar-refractivity contribution is -0.112. The maximum Gasteiger partial charge on any atom is 0.343 e. The Morgan fingerprint density at radius 3 is 2.45 bits per heavy atom. The predicted molar refractivity (Wildman–Crippen MR) is 121 cm³/mol. The molecular formula is C23H18FN5O3S. The van der Waals surface area contributed by atoms with Crippen LogP contribution in [0.1, 0.15) is 28.8 Å². The lowest BCUT2D eigenvalue weighted by Gasteiger charge is -2.10. The van der Waals surface area contributed by atoms with E-state index in [1.165, 1.54) is 53.8 Å². The van der Waals surface area contributed by atoms with Crippen LogP contribution in [0.5, 0.6) is 5.75 Å². The van der Waals surface area contributed by atoms with E-state index < -0.39 is 17.7 Å². The molecule has 1 N–H and O–H groups in total. The molecular weight excluding hydrogens is 445 g/mol. The van der Waals surface area contributed by atoms with E-state index >= 15 is 0 Å². The molecule has 0 radical (unpaired) electrons. The molecule has 2 heterocycles. The Morgan fingerprint density at radius 2 is 1.79 bits per heavy atom. The molecule has 1 amide bonds. The molecule has 166 valence electrons. The predicted octanol–water partition coefficient (Wildman–Crippen LogP) is 4.04. The molecule has 0 atom stereocenters.